The number of likely N-dealkylation sites (N-methyl/N-ethyl adjacent to an activating group) is 2. The lowest BCUT2D eigenvalue weighted by molar-refractivity contribution is -0.135. The molecule has 0 saturated carbocycles. The van der Waals surface area contributed by atoms with E-state index in [9.17, 15) is 9.59 Å². The fourth-order valence-electron chi connectivity index (χ4n) is 2.39. The van der Waals surface area contributed by atoms with Gasteiger partial charge in [0.05, 0.1) is 18.8 Å². The molecular weight excluding hydrogens is 284 g/mol. The molecule has 118 valence electrons. The number of ether oxygens (including phenoxy) is 1. The molecule has 1 aromatic rings. The third-order valence-electron chi connectivity index (χ3n) is 3.53. The molecule has 1 aliphatic rings. The van der Waals surface area contributed by atoms with Crippen LogP contribution in [0.25, 0.3) is 5.57 Å². The van der Waals surface area contributed by atoms with Gasteiger partial charge in [-0.3, -0.25) is 14.5 Å². The molecule has 22 heavy (non-hydrogen) atoms. The van der Waals surface area contributed by atoms with E-state index in [0.717, 1.165) is 4.90 Å². The van der Waals surface area contributed by atoms with Crippen LogP contribution in [0.2, 0.25) is 0 Å². The van der Waals surface area contributed by atoms with Crippen LogP contribution in [0.4, 0.5) is 0 Å². The van der Waals surface area contributed by atoms with Crippen molar-refractivity contribution in [3.63, 3.8) is 0 Å². The van der Waals surface area contributed by atoms with Crippen molar-refractivity contribution in [1.82, 2.24) is 9.80 Å². The number of imide groups is 1. The number of hydrogen-bond donors (Lipinski definition) is 1. The topological polar surface area (TPSA) is 70.1 Å². The van der Waals surface area contributed by atoms with Gasteiger partial charge in [0.2, 0.25) is 0 Å². The Morgan fingerprint density at radius 1 is 1.18 bits per heavy atom. The third kappa shape index (κ3) is 2.82. The Hall–Kier alpha value is -2.34. The van der Waals surface area contributed by atoms with Crippen molar-refractivity contribution in [3.05, 3.63) is 35.5 Å². The van der Waals surface area contributed by atoms with Crippen molar-refractivity contribution < 1.29 is 19.4 Å². The van der Waals surface area contributed by atoms with E-state index in [1.54, 1.807) is 36.2 Å². The van der Waals surface area contributed by atoms with E-state index in [1.165, 1.54) is 7.05 Å². The van der Waals surface area contributed by atoms with Gasteiger partial charge in [-0.25, -0.2) is 0 Å². The van der Waals surface area contributed by atoms with Gasteiger partial charge in [-0.1, -0.05) is 12.1 Å². The maximum absolute atomic E-state index is 12.4. The van der Waals surface area contributed by atoms with Crippen molar-refractivity contribution in [3.8, 4) is 5.75 Å². The molecule has 0 radical (unpaired) electrons. The largest absolute Gasteiger partial charge is 0.494 e. The smallest absolute Gasteiger partial charge is 0.277 e. The van der Waals surface area contributed by atoms with Gasteiger partial charge in [0.25, 0.3) is 11.8 Å². The lowest BCUT2D eigenvalue weighted by atomic mass is 10.0. The Morgan fingerprint density at radius 2 is 1.82 bits per heavy atom. The van der Waals surface area contributed by atoms with E-state index in [2.05, 4.69) is 0 Å². The first-order chi connectivity index (χ1) is 10.5. The van der Waals surface area contributed by atoms with Gasteiger partial charge in [-0.15, -0.1) is 0 Å². The van der Waals surface area contributed by atoms with Gasteiger partial charge >= 0.3 is 0 Å². The molecule has 2 amide bonds. The normalized spacial score (nSPS) is 14.8. The fourth-order valence-corrected chi connectivity index (χ4v) is 2.39. The number of amides is 2. The van der Waals surface area contributed by atoms with Crippen LogP contribution in [0.1, 0.15) is 12.5 Å². The number of carbonyl (C=O) groups excluding carboxylic acids is 2. The Labute approximate surface area is 129 Å². The van der Waals surface area contributed by atoms with Crippen molar-refractivity contribution in [2.45, 2.75) is 6.92 Å². The lowest BCUT2D eigenvalue weighted by Gasteiger charge is -2.19. The summed E-state index contributed by atoms with van der Waals surface area (Å²) < 4.78 is 5.38. The average Bonchev–Trinajstić information content (AvgIpc) is 2.73. The molecule has 0 bridgehead atoms. The van der Waals surface area contributed by atoms with Gasteiger partial charge in [-0.2, -0.15) is 0 Å². The van der Waals surface area contributed by atoms with Crippen molar-refractivity contribution >= 4 is 17.4 Å². The number of hydrogen-bond acceptors (Lipinski definition) is 5. The molecule has 1 N–H and O–H groups in total. The van der Waals surface area contributed by atoms with Crippen LogP contribution in [-0.4, -0.2) is 60.6 Å². The lowest BCUT2D eigenvalue weighted by Crippen LogP contribution is -2.31. The second-order valence-corrected chi connectivity index (χ2v) is 5.00. The average molecular weight is 304 g/mol. The number of benzene rings is 1. The summed E-state index contributed by atoms with van der Waals surface area (Å²) in [6.07, 6.45) is 0. The van der Waals surface area contributed by atoms with Crippen LogP contribution in [0.3, 0.4) is 0 Å². The first-order valence-corrected chi connectivity index (χ1v) is 7.13. The van der Waals surface area contributed by atoms with Crippen LogP contribution in [0.5, 0.6) is 5.75 Å². The first-order valence-electron chi connectivity index (χ1n) is 7.13. The van der Waals surface area contributed by atoms with Gasteiger partial charge in [0.1, 0.15) is 11.4 Å². The van der Waals surface area contributed by atoms with E-state index >= 15 is 0 Å². The summed E-state index contributed by atoms with van der Waals surface area (Å²) in [7, 11) is 3.14. The minimum atomic E-state index is -0.357. The van der Waals surface area contributed by atoms with E-state index in [4.69, 9.17) is 9.84 Å². The molecule has 0 fully saturated rings. The van der Waals surface area contributed by atoms with E-state index in [0.29, 0.717) is 29.2 Å². The zero-order valence-electron chi connectivity index (χ0n) is 13.0. The minimum Gasteiger partial charge on any atom is -0.494 e. The highest BCUT2D eigenvalue weighted by molar-refractivity contribution is 6.35. The van der Waals surface area contributed by atoms with Crippen molar-refractivity contribution in [1.29, 1.82) is 0 Å². The maximum Gasteiger partial charge on any atom is 0.277 e. The Kier molecular flexibility index (Phi) is 4.82. The highest BCUT2D eigenvalue weighted by atomic mass is 16.5. The minimum absolute atomic E-state index is 0.0955. The number of carbonyl (C=O) groups is 2. The molecule has 1 aromatic carbocycles. The molecular formula is C16H20N2O4. The first kappa shape index (κ1) is 16.0. The molecule has 1 heterocycles. The summed E-state index contributed by atoms with van der Waals surface area (Å²) >= 11 is 0. The van der Waals surface area contributed by atoms with Crippen LogP contribution < -0.4 is 4.74 Å². The van der Waals surface area contributed by atoms with Gasteiger partial charge in [-0.05, 0) is 24.6 Å². The zero-order valence-corrected chi connectivity index (χ0v) is 13.0. The predicted molar refractivity (Wildman–Crippen MR) is 82.0 cm³/mol. The summed E-state index contributed by atoms with van der Waals surface area (Å²) in [5.74, 6) is 0.0148. The summed E-state index contributed by atoms with van der Waals surface area (Å²) in [6, 6.07) is 7.06. The standard InChI is InChI=1S/C16H20N2O4/c1-4-22-12-7-5-11(6-8-12)13-14(17(2)9-10-19)16(21)18(3)15(13)20/h5-8,19H,4,9-10H2,1-3H3. The molecule has 0 unspecified atom stereocenters. The van der Waals surface area contributed by atoms with Gasteiger partial charge in [0.15, 0.2) is 0 Å². The summed E-state index contributed by atoms with van der Waals surface area (Å²) in [5.41, 5.74) is 1.32. The fraction of sp³-hybridized carbons (Fsp3) is 0.375. The number of aliphatic hydroxyl groups excluding tert-OH is 1. The molecule has 1 aliphatic heterocycles. The van der Waals surface area contributed by atoms with E-state index in [1.807, 2.05) is 6.92 Å². The molecule has 0 spiro atoms. The van der Waals surface area contributed by atoms with Gasteiger partial charge < -0.3 is 14.7 Å². The molecule has 0 atom stereocenters. The summed E-state index contributed by atoms with van der Waals surface area (Å²) in [6.45, 7) is 2.64. The Balaban J connectivity index is 2.46. The summed E-state index contributed by atoms with van der Waals surface area (Å²) in [5, 5.41) is 9.08. The quantitative estimate of drug-likeness (QED) is 0.784. The molecule has 0 aliphatic carbocycles. The summed E-state index contributed by atoms with van der Waals surface area (Å²) in [4.78, 5) is 27.4. The highest BCUT2D eigenvalue weighted by Crippen LogP contribution is 2.30. The maximum atomic E-state index is 12.4. The Morgan fingerprint density at radius 3 is 2.36 bits per heavy atom. The van der Waals surface area contributed by atoms with Crippen molar-refractivity contribution in [2.75, 3.05) is 33.9 Å². The van der Waals surface area contributed by atoms with Crippen molar-refractivity contribution in [2.24, 2.45) is 0 Å². The molecule has 0 aromatic heterocycles. The Bertz CT molecular complexity index is 607. The van der Waals surface area contributed by atoms with Gasteiger partial charge in [0, 0.05) is 20.6 Å². The number of aliphatic hydroxyl groups is 1. The molecule has 6 heteroatoms. The molecule has 0 saturated heterocycles. The predicted octanol–water partition coefficient (Wildman–Crippen LogP) is 0.719. The SMILES string of the molecule is CCOc1ccc(C2=C(N(C)CCO)C(=O)N(C)C2=O)cc1. The van der Waals surface area contributed by atoms with E-state index < -0.39 is 0 Å². The molecule has 2 rings (SSSR count). The number of rotatable bonds is 6. The number of nitrogens with zero attached hydrogens (tertiary/aromatic N) is 2. The van der Waals surface area contributed by atoms with E-state index in [-0.39, 0.29) is 25.0 Å². The monoisotopic (exact) mass is 304 g/mol. The van der Waals surface area contributed by atoms with Crippen LogP contribution in [-0.2, 0) is 9.59 Å². The third-order valence-corrected chi connectivity index (χ3v) is 3.53. The van der Waals surface area contributed by atoms with Crippen LogP contribution >= 0.6 is 0 Å². The second-order valence-electron chi connectivity index (χ2n) is 5.00. The second kappa shape index (κ2) is 6.62. The zero-order chi connectivity index (χ0) is 16.3. The molecule has 6 nitrogen and oxygen atoms in total. The van der Waals surface area contributed by atoms with Crippen LogP contribution in [0, 0.1) is 0 Å². The van der Waals surface area contributed by atoms with Crippen LogP contribution in [0.15, 0.2) is 30.0 Å². The highest BCUT2D eigenvalue weighted by Gasteiger charge is 2.38.